The van der Waals surface area contributed by atoms with Gasteiger partial charge in [-0.05, 0) is 126 Å². The number of pyridine rings is 2. The van der Waals surface area contributed by atoms with Crippen LogP contribution in [0, 0.1) is 11.8 Å². The van der Waals surface area contributed by atoms with Gasteiger partial charge in [0, 0.05) is 99.9 Å². The number of piperidine rings is 4. The van der Waals surface area contributed by atoms with Crippen molar-refractivity contribution >= 4 is 97.5 Å². The van der Waals surface area contributed by atoms with Gasteiger partial charge < -0.3 is 40.5 Å². The Balaban J connectivity index is 0.000000197. The summed E-state index contributed by atoms with van der Waals surface area (Å²) in [5.74, 6) is 3.26. The van der Waals surface area contributed by atoms with E-state index in [0.29, 0.717) is 54.2 Å². The number of aldehydes is 1. The Hall–Kier alpha value is -4.12. The highest BCUT2D eigenvalue weighted by atomic mass is 79.9. The molecule has 8 rings (SSSR count). The van der Waals surface area contributed by atoms with Crippen molar-refractivity contribution in [1.29, 1.82) is 0 Å². The van der Waals surface area contributed by atoms with E-state index in [1.54, 1.807) is 19.2 Å². The van der Waals surface area contributed by atoms with Crippen molar-refractivity contribution in [3.8, 4) is 11.5 Å². The summed E-state index contributed by atoms with van der Waals surface area (Å²) in [5, 5.41) is 28.1. The fourth-order valence-electron chi connectivity index (χ4n) is 9.02. The molecule has 0 bridgehead atoms. The standard InChI is InChI=1S/C23H30BBrN4O4S.C22H28BrN5O3S/c1-24(32)27-21-12-16(2-7-26-21)13-28-8-3-17(4-9-28)23(31)29-10-5-18(6-11-29)33-22-19(25)15-34-20(22)14-30;23-18-14-32-19(12-26-30)21(18)31-17-4-9-28(10-5-17)22(29)16-2-7-27(8-3-16)13-15-1-6-25-20(24)11-15/h2,7,12,14-15,17-18,32H,3-6,8-11,13H2,1H3,(H,26,27);1,6,11-12,14,16-17,30H,2-5,7-10,13H2,(H2,24,25)/b;26-12+. The van der Waals surface area contributed by atoms with Crippen molar-refractivity contribution in [1.82, 2.24) is 29.6 Å². The van der Waals surface area contributed by atoms with E-state index in [9.17, 15) is 19.4 Å². The van der Waals surface area contributed by atoms with Crippen LogP contribution in [0.4, 0.5) is 11.6 Å². The third-order valence-electron chi connectivity index (χ3n) is 12.5. The summed E-state index contributed by atoms with van der Waals surface area (Å²) in [7, 11) is -0.646. The number of carbonyl (C=O) groups excluding carboxylic acids is 3. The largest absolute Gasteiger partial charge is 0.488 e. The molecule has 66 heavy (non-hydrogen) atoms. The van der Waals surface area contributed by atoms with Crippen molar-refractivity contribution < 1.29 is 34.1 Å². The zero-order valence-electron chi connectivity index (χ0n) is 37.1. The number of oxime groups is 1. The lowest BCUT2D eigenvalue weighted by atomic mass is 9.89. The Morgan fingerprint density at radius 1 is 0.788 bits per heavy atom. The van der Waals surface area contributed by atoms with Crippen LogP contribution in [-0.4, -0.2) is 136 Å². The Labute approximate surface area is 411 Å². The number of nitrogens with zero attached hydrogens (tertiary/aromatic N) is 7. The molecule has 4 fully saturated rings. The molecule has 354 valence electrons. The molecule has 0 aliphatic carbocycles. The van der Waals surface area contributed by atoms with E-state index in [2.05, 4.69) is 62.0 Å². The summed E-state index contributed by atoms with van der Waals surface area (Å²) < 4.78 is 13.9. The first-order valence-electron chi connectivity index (χ1n) is 22.6. The second-order valence-corrected chi connectivity index (χ2v) is 20.8. The number of amides is 2. The van der Waals surface area contributed by atoms with Crippen LogP contribution in [0.25, 0.3) is 0 Å². The molecule has 4 aliphatic rings. The number of thiophene rings is 2. The highest BCUT2D eigenvalue weighted by Crippen LogP contribution is 2.37. The zero-order valence-corrected chi connectivity index (χ0v) is 41.9. The number of likely N-dealkylation sites (tertiary alicyclic amines) is 4. The maximum absolute atomic E-state index is 13.1. The summed E-state index contributed by atoms with van der Waals surface area (Å²) in [6, 6.07) is 7.86. The van der Waals surface area contributed by atoms with Gasteiger partial charge in [0.25, 0.3) is 0 Å². The number of hydrogen-bond acceptors (Lipinski definition) is 16. The number of halogens is 2. The fraction of sp³-hybridized carbons (Fsp3) is 0.511. The first kappa shape index (κ1) is 49.8. The molecule has 16 nitrogen and oxygen atoms in total. The van der Waals surface area contributed by atoms with Gasteiger partial charge in [0.15, 0.2) is 17.8 Å². The van der Waals surface area contributed by atoms with E-state index in [0.717, 1.165) is 122 Å². The van der Waals surface area contributed by atoms with Gasteiger partial charge in [-0.1, -0.05) is 5.16 Å². The van der Waals surface area contributed by atoms with Gasteiger partial charge in [0.2, 0.25) is 11.8 Å². The zero-order chi connectivity index (χ0) is 46.6. The van der Waals surface area contributed by atoms with E-state index < -0.39 is 7.05 Å². The third-order valence-corrected chi connectivity index (χ3v) is 16.1. The summed E-state index contributed by atoms with van der Waals surface area (Å²) in [5.41, 5.74) is 8.08. The molecule has 4 saturated heterocycles. The number of rotatable bonds is 14. The summed E-state index contributed by atoms with van der Waals surface area (Å²) in [6.07, 6.45) is 12.4. The average molecular weight is 1070 g/mol. The normalized spacial score (nSPS) is 18.5. The summed E-state index contributed by atoms with van der Waals surface area (Å²) in [4.78, 5) is 55.8. The molecule has 21 heteroatoms. The Bertz CT molecular complexity index is 2260. The molecule has 0 aromatic carbocycles. The highest BCUT2D eigenvalue weighted by molar-refractivity contribution is 9.11. The maximum Gasteiger partial charge on any atom is 0.408 e. The van der Waals surface area contributed by atoms with E-state index in [1.165, 1.54) is 28.9 Å². The smallest absolute Gasteiger partial charge is 0.408 e. The summed E-state index contributed by atoms with van der Waals surface area (Å²) in [6.45, 7) is 9.73. The van der Waals surface area contributed by atoms with E-state index in [4.69, 9.17) is 20.4 Å². The van der Waals surface area contributed by atoms with Crippen LogP contribution < -0.4 is 20.4 Å². The molecular weight excluding hydrogens is 1010 g/mol. The SMILES string of the molecule is CB(O)Nc1cc(CN2CCC(C(=O)N3CCC(Oc4c(Br)csc4C=O)CC3)CC2)ccn1.Nc1cc(CN2CCC(C(=O)N3CCC(Oc4c(Br)csc4/C=N/O)CC3)CC2)ccn1. The predicted molar refractivity (Wildman–Crippen MR) is 266 cm³/mol. The second-order valence-electron chi connectivity index (χ2n) is 17.3. The average Bonchev–Trinajstić information content (AvgIpc) is 3.85. The molecule has 0 unspecified atom stereocenters. The van der Waals surface area contributed by atoms with Crippen molar-refractivity contribution in [2.24, 2.45) is 17.0 Å². The van der Waals surface area contributed by atoms with Gasteiger partial charge in [-0.15, -0.1) is 22.7 Å². The number of nitrogen functional groups attached to an aromatic ring is 1. The topological polar surface area (TPSA) is 199 Å². The predicted octanol–water partition coefficient (Wildman–Crippen LogP) is 7.10. The van der Waals surface area contributed by atoms with Gasteiger partial charge in [0.05, 0.1) is 20.0 Å². The first-order valence-corrected chi connectivity index (χ1v) is 25.9. The lowest BCUT2D eigenvalue weighted by Gasteiger charge is -2.37. The van der Waals surface area contributed by atoms with Crippen LogP contribution in [0.1, 0.15) is 77.0 Å². The Kier molecular flexibility index (Phi) is 18.3. The van der Waals surface area contributed by atoms with Crippen LogP contribution in [-0.2, 0) is 22.7 Å². The Morgan fingerprint density at radius 2 is 1.26 bits per heavy atom. The molecular formula is C45H58BBr2N9O7S2. The highest BCUT2D eigenvalue weighted by Gasteiger charge is 2.34. The van der Waals surface area contributed by atoms with Gasteiger partial charge in [-0.2, -0.15) is 0 Å². The molecule has 2 amide bonds. The lowest BCUT2D eigenvalue weighted by molar-refractivity contribution is -0.139. The van der Waals surface area contributed by atoms with Crippen molar-refractivity contribution in [2.45, 2.75) is 83.5 Å². The molecule has 4 aliphatic heterocycles. The summed E-state index contributed by atoms with van der Waals surface area (Å²) >= 11 is 9.77. The number of anilines is 2. The van der Waals surface area contributed by atoms with Gasteiger partial charge >= 0.3 is 7.05 Å². The molecule has 0 atom stereocenters. The van der Waals surface area contributed by atoms with Crippen LogP contribution in [0.3, 0.4) is 0 Å². The van der Waals surface area contributed by atoms with E-state index in [1.807, 2.05) is 44.8 Å². The lowest BCUT2D eigenvalue weighted by Crippen LogP contribution is -2.47. The Morgan fingerprint density at radius 3 is 1.73 bits per heavy atom. The van der Waals surface area contributed by atoms with Crippen molar-refractivity contribution in [3.05, 3.63) is 77.2 Å². The van der Waals surface area contributed by atoms with E-state index in [-0.39, 0.29) is 35.9 Å². The van der Waals surface area contributed by atoms with Crippen LogP contribution in [0.2, 0.25) is 6.82 Å². The number of carbonyl (C=O) groups is 3. The third kappa shape index (κ3) is 13.8. The fourth-order valence-corrected chi connectivity index (χ4v) is 11.8. The van der Waals surface area contributed by atoms with Crippen molar-refractivity contribution in [3.63, 3.8) is 0 Å². The molecule has 5 N–H and O–H groups in total. The van der Waals surface area contributed by atoms with Crippen LogP contribution >= 0.6 is 54.5 Å². The number of aromatic nitrogens is 2. The number of hydrogen-bond donors (Lipinski definition) is 4. The molecule has 4 aromatic heterocycles. The first-order chi connectivity index (χ1) is 32.0. The van der Waals surface area contributed by atoms with E-state index >= 15 is 0 Å². The molecule has 8 heterocycles. The molecule has 0 radical (unpaired) electrons. The molecule has 0 spiro atoms. The minimum atomic E-state index is -0.646. The number of nitrogens with one attached hydrogen (secondary N) is 1. The van der Waals surface area contributed by atoms with Gasteiger partial charge in [-0.3, -0.25) is 24.2 Å². The van der Waals surface area contributed by atoms with Crippen LogP contribution in [0.15, 0.2) is 61.5 Å². The molecule has 0 saturated carbocycles. The van der Waals surface area contributed by atoms with Gasteiger partial charge in [0.1, 0.15) is 28.7 Å². The molecule has 4 aromatic rings. The minimum Gasteiger partial charge on any atom is -0.488 e. The maximum atomic E-state index is 13.1. The van der Waals surface area contributed by atoms with Crippen LogP contribution in [0.5, 0.6) is 11.5 Å². The second kappa shape index (κ2) is 24.3. The monoisotopic (exact) mass is 1070 g/mol. The minimum absolute atomic E-state index is 0.0176. The van der Waals surface area contributed by atoms with Crippen molar-refractivity contribution in [2.75, 3.05) is 63.3 Å². The quantitative estimate of drug-likeness (QED) is 0.0328. The number of nitrogens with two attached hydrogens (primary N) is 1. The van der Waals surface area contributed by atoms with Gasteiger partial charge in [-0.25, -0.2) is 9.97 Å². The number of ether oxygens (including phenoxy) is 2.